The Labute approximate surface area is 117 Å². The highest BCUT2D eigenvalue weighted by Crippen LogP contribution is 2.23. The van der Waals surface area contributed by atoms with Gasteiger partial charge in [0.2, 0.25) is 0 Å². The summed E-state index contributed by atoms with van der Waals surface area (Å²) in [6.45, 7) is 1.86. The fraction of sp³-hybridized carbons (Fsp3) is 0.0588. The number of hydrogen-bond donors (Lipinski definition) is 1. The minimum absolute atomic E-state index is 0.0425. The van der Waals surface area contributed by atoms with Crippen LogP contribution in [-0.4, -0.2) is 10.8 Å². The first kappa shape index (κ1) is 12.4. The molecule has 0 atom stereocenters. The van der Waals surface area contributed by atoms with Crippen LogP contribution in [-0.2, 0) is 0 Å². The molecule has 2 aromatic carbocycles. The summed E-state index contributed by atoms with van der Waals surface area (Å²) in [6.07, 6.45) is 1.70. The number of carbonyl (C=O) groups is 1. The lowest BCUT2D eigenvalue weighted by molar-refractivity contribution is 0.103. The van der Waals surface area contributed by atoms with Crippen LogP contribution >= 0.6 is 0 Å². The standard InChI is InChI=1S/C17H14N2O/c1-11-13(7-3-9-15(11)18)17(20)14-8-2-5-12-6-4-10-19-16(12)14/h2-10H,18H2,1H3. The molecule has 0 aliphatic carbocycles. The molecular formula is C17H14N2O. The lowest BCUT2D eigenvalue weighted by Crippen LogP contribution is -2.06. The molecule has 0 aliphatic rings. The Balaban J connectivity index is 2.21. The van der Waals surface area contributed by atoms with Crippen LogP contribution in [0.15, 0.2) is 54.7 Å². The number of pyridine rings is 1. The Morgan fingerprint density at radius 2 is 1.70 bits per heavy atom. The summed E-state index contributed by atoms with van der Waals surface area (Å²) in [7, 11) is 0. The quantitative estimate of drug-likeness (QED) is 0.569. The van der Waals surface area contributed by atoms with E-state index in [4.69, 9.17) is 5.73 Å². The first-order chi connectivity index (χ1) is 9.68. The molecular weight excluding hydrogens is 248 g/mol. The number of fused-ring (bicyclic) bond motifs is 1. The summed E-state index contributed by atoms with van der Waals surface area (Å²) in [4.78, 5) is 17.1. The summed E-state index contributed by atoms with van der Waals surface area (Å²) in [6, 6.07) is 14.8. The second-order valence-corrected chi connectivity index (χ2v) is 4.73. The van der Waals surface area contributed by atoms with E-state index in [-0.39, 0.29) is 5.78 Å². The van der Waals surface area contributed by atoms with E-state index in [1.165, 1.54) is 0 Å². The molecule has 98 valence electrons. The van der Waals surface area contributed by atoms with Crippen molar-refractivity contribution in [2.75, 3.05) is 5.73 Å². The van der Waals surface area contributed by atoms with Crippen LogP contribution in [0, 0.1) is 6.92 Å². The van der Waals surface area contributed by atoms with Gasteiger partial charge in [-0.15, -0.1) is 0 Å². The maximum Gasteiger partial charge on any atom is 0.195 e. The summed E-state index contributed by atoms with van der Waals surface area (Å²) in [5.41, 5.74) is 9.28. The van der Waals surface area contributed by atoms with E-state index in [0.717, 1.165) is 16.5 Å². The van der Waals surface area contributed by atoms with Crippen molar-refractivity contribution >= 4 is 22.4 Å². The zero-order valence-corrected chi connectivity index (χ0v) is 11.1. The van der Waals surface area contributed by atoms with E-state index >= 15 is 0 Å². The number of nitrogens with two attached hydrogens (primary N) is 1. The molecule has 0 radical (unpaired) electrons. The Kier molecular flexibility index (Phi) is 2.95. The third-order valence-corrected chi connectivity index (χ3v) is 3.50. The molecule has 0 unspecified atom stereocenters. The first-order valence-electron chi connectivity index (χ1n) is 6.42. The normalized spacial score (nSPS) is 10.7. The number of aromatic nitrogens is 1. The number of nitrogen functional groups attached to an aromatic ring is 1. The molecule has 0 bridgehead atoms. The summed E-state index contributed by atoms with van der Waals surface area (Å²) in [5, 5.41) is 0.958. The first-order valence-corrected chi connectivity index (χ1v) is 6.42. The van der Waals surface area contributed by atoms with Crippen molar-refractivity contribution in [2.24, 2.45) is 0 Å². The number of anilines is 1. The van der Waals surface area contributed by atoms with Gasteiger partial charge in [-0.25, -0.2) is 0 Å². The topological polar surface area (TPSA) is 56.0 Å². The van der Waals surface area contributed by atoms with E-state index < -0.39 is 0 Å². The second kappa shape index (κ2) is 4.78. The van der Waals surface area contributed by atoms with Crippen molar-refractivity contribution in [1.82, 2.24) is 4.98 Å². The molecule has 0 saturated carbocycles. The van der Waals surface area contributed by atoms with E-state index in [9.17, 15) is 4.79 Å². The van der Waals surface area contributed by atoms with Crippen LogP contribution in [0.5, 0.6) is 0 Å². The number of benzene rings is 2. The number of carbonyl (C=O) groups excluding carboxylic acids is 1. The average molecular weight is 262 g/mol. The van der Waals surface area contributed by atoms with Crippen LogP contribution in [0.2, 0.25) is 0 Å². The zero-order chi connectivity index (χ0) is 14.1. The van der Waals surface area contributed by atoms with Gasteiger partial charge in [0.25, 0.3) is 0 Å². The summed E-state index contributed by atoms with van der Waals surface area (Å²) >= 11 is 0. The van der Waals surface area contributed by atoms with Crippen molar-refractivity contribution in [2.45, 2.75) is 6.92 Å². The Morgan fingerprint density at radius 3 is 2.55 bits per heavy atom. The van der Waals surface area contributed by atoms with Gasteiger partial charge >= 0.3 is 0 Å². The molecule has 3 aromatic rings. The van der Waals surface area contributed by atoms with Crippen LogP contribution in [0.25, 0.3) is 10.9 Å². The van der Waals surface area contributed by atoms with E-state index in [1.54, 1.807) is 30.5 Å². The molecule has 0 amide bonds. The van der Waals surface area contributed by atoms with Crippen molar-refractivity contribution in [3.05, 3.63) is 71.4 Å². The molecule has 0 aliphatic heterocycles. The number of para-hydroxylation sites is 1. The van der Waals surface area contributed by atoms with Gasteiger partial charge in [-0.1, -0.05) is 30.3 Å². The van der Waals surface area contributed by atoms with Crippen molar-refractivity contribution < 1.29 is 4.79 Å². The van der Waals surface area contributed by atoms with E-state index in [2.05, 4.69) is 4.98 Å². The molecule has 1 aromatic heterocycles. The largest absolute Gasteiger partial charge is 0.398 e. The van der Waals surface area contributed by atoms with Gasteiger partial charge in [-0.2, -0.15) is 0 Å². The molecule has 3 rings (SSSR count). The van der Waals surface area contributed by atoms with Gasteiger partial charge in [0.15, 0.2) is 5.78 Å². The zero-order valence-electron chi connectivity index (χ0n) is 11.1. The van der Waals surface area contributed by atoms with Gasteiger partial charge in [0.1, 0.15) is 0 Å². The Bertz CT molecular complexity index is 804. The van der Waals surface area contributed by atoms with Crippen LogP contribution in [0.1, 0.15) is 21.5 Å². The van der Waals surface area contributed by atoms with Crippen molar-refractivity contribution in [1.29, 1.82) is 0 Å². The monoisotopic (exact) mass is 262 g/mol. The van der Waals surface area contributed by atoms with E-state index in [1.807, 2.05) is 31.2 Å². The molecule has 20 heavy (non-hydrogen) atoms. The lowest BCUT2D eigenvalue weighted by Gasteiger charge is -2.09. The minimum atomic E-state index is -0.0425. The van der Waals surface area contributed by atoms with Gasteiger partial charge in [0.05, 0.1) is 5.52 Å². The van der Waals surface area contributed by atoms with Crippen molar-refractivity contribution in [3.8, 4) is 0 Å². The molecule has 0 fully saturated rings. The number of ketones is 1. The van der Waals surface area contributed by atoms with Gasteiger partial charge in [0, 0.05) is 28.4 Å². The fourth-order valence-electron chi connectivity index (χ4n) is 2.33. The van der Waals surface area contributed by atoms with Gasteiger partial charge in [-0.3, -0.25) is 9.78 Å². The summed E-state index contributed by atoms with van der Waals surface area (Å²) in [5.74, 6) is -0.0425. The fourth-order valence-corrected chi connectivity index (χ4v) is 2.33. The van der Waals surface area contributed by atoms with Crippen molar-refractivity contribution in [3.63, 3.8) is 0 Å². The van der Waals surface area contributed by atoms with Gasteiger partial charge in [-0.05, 0) is 30.7 Å². The van der Waals surface area contributed by atoms with E-state index in [0.29, 0.717) is 16.8 Å². The van der Waals surface area contributed by atoms with Crippen LogP contribution in [0.4, 0.5) is 5.69 Å². The second-order valence-electron chi connectivity index (χ2n) is 4.73. The Hall–Kier alpha value is -2.68. The number of nitrogens with zero attached hydrogens (tertiary/aromatic N) is 1. The number of rotatable bonds is 2. The lowest BCUT2D eigenvalue weighted by atomic mass is 9.96. The highest BCUT2D eigenvalue weighted by atomic mass is 16.1. The predicted octanol–water partition coefficient (Wildman–Crippen LogP) is 3.36. The SMILES string of the molecule is Cc1c(N)cccc1C(=O)c1cccc2cccnc12. The molecule has 3 heteroatoms. The van der Waals surface area contributed by atoms with Gasteiger partial charge < -0.3 is 5.73 Å². The third kappa shape index (κ3) is 1.93. The average Bonchev–Trinajstić information content (AvgIpc) is 2.49. The smallest absolute Gasteiger partial charge is 0.195 e. The molecule has 0 spiro atoms. The van der Waals surface area contributed by atoms with Crippen LogP contribution in [0.3, 0.4) is 0 Å². The minimum Gasteiger partial charge on any atom is -0.398 e. The predicted molar refractivity (Wildman–Crippen MR) is 80.8 cm³/mol. The van der Waals surface area contributed by atoms with Crippen LogP contribution < -0.4 is 5.73 Å². The number of hydrogen-bond acceptors (Lipinski definition) is 3. The molecule has 1 heterocycles. The molecule has 3 nitrogen and oxygen atoms in total. The summed E-state index contributed by atoms with van der Waals surface area (Å²) < 4.78 is 0. The highest BCUT2D eigenvalue weighted by molar-refractivity contribution is 6.16. The molecule has 2 N–H and O–H groups in total. The Morgan fingerprint density at radius 1 is 1.00 bits per heavy atom. The third-order valence-electron chi connectivity index (χ3n) is 3.50. The maximum atomic E-state index is 12.7. The molecule has 0 saturated heterocycles. The highest BCUT2D eigenvalue weighted by Gasteiger charge is 2.15. The maximum absolute atomic E-state index is 12.7.